The lowest BCUT2D eigenvalue weighted by atomic mass is 10.0. The van der Waals surface area contributed by atoms with Crippen LogP contribution in [0.1, 0.15) is 25.0 Å². The monoisotopic (exact) mass is 456 g/mol. The molecule has 176 valence electrons. The van der Waals surface area contributed by atoms with Crippen molar-refractivity contribution in [1.82, 2.24) is 5.48 Å². The van der Waals surface area contributed by atoms with E-state index >= 15 is 0 Å². The van der Waals surface area contributed by atoms with Crippen molar-refractivity contribution in [2.45, 2.75) is 19.4 Å². The number of methoxy groups -OCH3 is 1. The smallest absolute Gasteiger partial charge is 0.412 e. The fourth-order valence-corrected chi connectivity index (χ4v) is 2.82. The van der Waals surface area contributed by atoms with Crippen molar-refractivity contribution in [2.75, 3.05) is 25.6 Å². The van der Waals surface area contributed by atoms with Crippen LogP contribution in [0.4, 0.5) is 10.5 Å². The van der Waals surface area contributed by atoms with E-state index in [4.69, 9.17) is 24.5 Å². The molecule has 0 saturated heterocycles. The summed E-state index contributed by atoms with van der Waals surface area (Å²) in [6.07, 6.45) is 3.45. The van der Waals surface area contributed by atoms with Gasteiger partial charge in [-0.05, 0) is 48.9 Å². The molecule has 9 nitrogen and oxygen atoms in total. The summed E-state index contributed by atoms with van der Waals surface area (Å²) in [7, 11) is 1.56. The van der Waals surface area contributed by atoms with Crippen LogP contribution in [0.2, 0.25) is 0 Å². The average Bonchev–Trinajstić information content (AvgIpc) is 2.83. The molecule has 0 unspecified atom stereocenters. The van der Waals surface area contributed by atoms with Gasteiger partial charge in [0.2, 0.25) is 0 Å². The summed E-state index contributed by atoms with van der Waals surface area (Å²) in [5, 5.41) is 20.1. The number of ether oxygens (including phenoxy) is 3. The lowest BCUT2D eigenvalue weighted by molar-refractivity contribution is -0.124. The van der Waals surface area contributed by atoms with E-state index in [-0.39, 0.29) is 13.2 Å². The topological polar surface area (TPSA) is 126 Å². The summed E-state index contributed by atoms with van der Waals surface area (Å²) in [6, 6.07) is 13.9. The highest BCUT2D eigenvalue weighted by atomic mass is 16.6. The van der Waals surface area contributed by atoms with Crippen LogP contribution in [0.15, 0.2) is 72.3 Å². The van der Waals surface area contributed by atoms with Crippen molar-refractivity contribution in [1.29, 1.82) is 0 Å². The highest BCUT2D eigenvalue weighted by molar-refractivity contribution is 5.86. The van der Waals surface area contributed by atoms with Gasteiger partial charge >= 0.3 is 6.09 Å². The van der Waals surface area contributed by atoms with E-state index in [2.05, 4.69) is 5.32 Å². The molecule has 0 heterocycles. The Bertz CT molecular complexity index is 954. The predicted molar refractivity (Wildman–Crippen MR) is 122 cm³/mol. The number of benzene rings is 2. The van der Waals surface area contributed by atoms with Crippen molar-refractivity contribution < 1.29 is 34.1 Å². The normalized spacial score (nSPS) is 12.2. The van der Waals surface area contributed by atoms with Crippen molar-refractivity contribution in [2.24, 2.45) is 0 Å². The quantitative estimate of drug-likeness (QED) is 0.176. The summed E-state index contributed by atoms with van der Waals surface area (Å²) in [5.74, 6) is 0.600. The minimum atomic E-state index is -0.649. The third kappa shape index (κ3) is 9.06. The van der Waals surface area contributed by atoms with Crippen molar-refractivity contribution in [3.8, 4) is 11.5 Å². The Labute approximate surface area is 192 Å². The van der Waals surface area contributed by atoms with Gasteiger partial charge in [-0.25, -0.2) is 10.3 Å². The lowest BCUT2D eigenvalue weighted by Crippen LogP contribution is -2.18. The number of hydroxylamine groups is 1. The highest BCUT2D eigenvalue weighted by Crippen LogP contribution is 2.28. The molecule has 0 fully saturated rings. The van der Waals surface area contributed by atoms with Gasteiger partial charge in [0.05, 0.1) is 13.7 Å². The van der Waals surface area contributed by atoms with Gasteiger partial charge in [0.1, 0.15) is 24.2 Å². The first-order chi connectivity index (χ1) is 15.9. The Morgan fingerprint density at radius 1 is 1.06 bits per heavy atom. The maximum absolute atomic E-state index is 12.6. The number of aliphatic hydroxyl groups is 1. The molecule has 0 aliphatic rings. The van der Waals surface area contributed by atoms with Crippen LogP contribution in [0, 0.1) is 0 Å². The molecular weight excluding hydrogens is 428 g/mol. The zero-order valence-electron chi connectivity index (χ0n) is 18.5. The maximum atomic E-state index is 12.6. The second-order valence-electron chi connectivity index (χ2n) is 6.94. The Hall–Kier alpha value is -3.82. The first-order valence-corrected chi connectivity index (χ1v) is 10.2. The largest absolute Gasteiger partial charge is 0.497 e. The number of aliphatic hydroxyl groups excluding tert-OH is 1. The Balaban J connectivity index is 2.14. The Morgan fingerprint density at radius 2 is 1.73 bits per heavy atom. The number of allylic oxidation sites excluding steroid dienone is 2. The molecule has 0 bridgehead atoms. The van der Waals surface area contributed by atoms with Gasteiger partial charge < -0.3 is 19.3 Å². The van der Waals surface area contributed by atoms with Crippen LogP contribution in [0.3, 0.4) is 0 Å². The fraction of sp³-hybridized carbons (Fsp3) is 0.250. The maximum Gasteiger partial charge on any atom is 0.412 e. The molecule has 33 heavy (non-hydrogen) atoms. The Morgan fingerprint density at radius 3 is 2.33 bits per heavy atom. The van der Waals surface area contributed by atoms with Gasteiger partial charge in [-0.2, -0.15) is 0 Å². The van der Waals surface area contributed by atoms with E-state index in [1.165, 1.54) is 17.6 Å². The van der Waals surface area contributed by atoms with E-state index in [9.17, 15) is 9.59 Å². The number of carbonyl (C=O) groups is 2. The summed E-state index contributed by atoms with van der Waals surface area (Å²) in [5.41, 5.74) is 3.64. The first-order valence-electron chi connectivity index (χ1n) is 10.2. The number of amides is 2. The molecule has 0 radical (unpaired) electrons. The summed E-state index contributed by atoms with van der Waals surface area (Å²) < 4.78 is 16.2. The van der Waals surface area contributed by atoms with Crippen LogP contribution < -0.4 is 20.3 Å². The molecule has 2 aromatic rings. The third-order valence-electron chi connectivity index (χ3n) is 4.44. The van der Waals surface area contributed by atoms with Gasteiger partial charge in [-0.15, -0.1) is 0 Å². The molecule has 4 N–H and O–H groups in total. The van der Waals surface area contributed by atoms with Gasteiger partial charge in [0.15, 0.2) is 0 Å². The van der Waals surface area contributed by atoms with Gasteiger partial charge in [0.25, 0.3) is 5.91 Å². The molecule has 1 atom stereocenters. The van der Waals surface area contributed by atoms with E-state index in [0.29, 0.717) is 23.6 Å². The fourth-order valence-electron chi connectivity index (χ4n) is 2.82. The lowest BCUT2D eigenvalue weighted by Gasteiger charge is -2.19. The zero-order chi connectivity index (χ0) is 24.1. The summed E-state index contributed by atoms with van der Waals surface area (Å²) in [6.45, 7) is 1.92. The minimum Gasteiger partial charge on any atom is -0.497 e. The molecule has 0 spiro atoms. The third-order valence-corrected chi connectivity index (χ3v) is 4.44. The van der Waals surface area contributed by atoms with Crippen LogP contribution in [-0.4, -0.2) is 42.6 Å². The van der Waals surface area contributed by atoms with E-state index in [1.54, 1.807) is 61.7 Å². The van der Waals surface area contributed by atoms with Gasteiger partial charge in [0, 0.05) is 18.2 Å². The number of anilines is 1. The first kappa shape index (κ1) is 25.4. The number of hydrogen-bond donors (Lipinski definition) is 4. The minimum absolute atomic E-state index is 0.0924. The molecule has 0 saturated carbocycles. The molecule has 2 aromatic carbocycles. The van der Waals surface area contributed by atoms with Crippen molar-refractivity contribution >= 4 is 17.7 Å². The van der Waals surface area contributed by atoms with Gasteiger partial charge in [-0.3, -0.25) is 15.3 Å². The van der Waals surface area contributed by atoms with E-state index in [0.717, 1.165) is 11.1 Å². The van der Waals surface area contributed by atoms with Crippen LogP contribution in [0.5, 0.6) is 11.5 Å². The number of hydrogen-bond acceptors (Lipinski definition) is 7. The second kappa shape index (κ2) is 13.6. The summed E-state index contributed by atoms with van der Waals surface area (Å²) >= 11 is 0. The van der Waals surface area contributed by atoms with Gasteiger partial charge in [-0.1, -0.05) is 29.9 Å². The van der Waals surface area contributed by atoms with Crippen LogP contribution in [-0.2, 0) is 9.53 Å². The van der Waals surface area contributed by atoms with E-state index < -0.39 is 18.1 Å². The van der Waals surface area contributed by atoms with Crippen molar-refractivity contribution in [3.63, 3.8) is 0 Å². The number of rotatable bonds is 11. The highest BCUT2D eigenvalue weighted by Gasteiger charge is 2.18. The van der Waals surface area contributed by atoms with E-state index in [1.807, 2.05) is 6.92 Å². The molecule has 2 amide bonds. The second-order valence-corrected chi connectivity index (χ2v) is 6.94. The average molecular weight is 456 g/mol. The molecule has 0 aliphatic heterocycles. The molecule has 2 rings (SSSR count). The molecule has 9 heteroatoms. The van der Waals surface area contributed by atoms with Crippen LogP contribution >= 0.6 is 0 Å². The zero-order valence-corrected chi connectivity index (χ0v) is 18.5. The molecular formula is C24H28N2O7. The van der Waals surface area contributed by atoms with Crippen LogP contribution in [0.25, 0.3) is 0 Å². The predicted octanol–water partition coefficient (Wildman–Crippen LogP) is 3.75. The molecule has 0 aliphatic carbocycles. The SMILES string of the molecule is COc1ccc(NC(=O)O[C@H](C/C(C)=C/C=C/C(=O)NO)c2ccc(OCCO)cc2)cc1. The number of nitrogens with one attached hydrogen (secondary N) is 2. The number of carbonyl (C=O) groups excluding carboxylic acids is 2. The summed E-state index contributed by atoms with van der Waals surface area (Å²) in [4.78, 5) is 23.7. The Kier molecular flexibility index (Phi) is 10.5. The molecule has 0 aromatic heterocycles. The standard InChI is InChI=1S/C24H28N2O7/c1-17(4-3-5-23(28)26-30)16-22(18-6-10-21(11-7-18)32-15-14-27)33-24(29)25-19-8-12-20(31-2)13-9-19/h3-13,22,27,30H,14-16H2,1-2H3,(H,25,29)(H,26,28)/b5-3+,17-4+/t22-/m1/s1. The van der Waals surface area contributed by atoms with Crippen molar-refractivity contribution in [3.05, 3.63) is 77.9 Å².